The topological polar surface area (TPSA) is 569 Å². The average molecular weight is 1650 g/mol. The number of anilines is 1. The third-order valence-electron chi connectivity index (χ3n) is 16.8. The molecule has 0 saturated carbocycles. The van der Waals surface area contributed by atoms with Gasteiger partial charge in [-0.25, -0.2) is 13.6 Å². The number of ether oxygens (including phenoxy) is 9. The number of esters is 1. The molecule has 1 spiro atoms. The number of carbonyl (C=O) groups is 15. The van der Waals surface area contributed by atoms with Gasteiger partial charge in [-0.1, -0.05) is 6.07 Å². The number of hydrogen-bond acceptors (Lipinski definition) is 32. The van der Waals surface area contributed by atoms with E-state index in [1.165, 1.54) is 29.2 Å². The molecule has 2 aliphatic heterocycles. The number of nitrogens with two attached hydrogens (primary N) is 1. The lowest BCUT2D eigenvalue weighted by atomic mass is 9.77. The number of amides is 9. The molecule has 0 bridgehead atoms. The second-order valence-corrected chi connectivity index (χ2v) is 25.4. The number of aliphatic hydroxyl groups is 4. The Hall–Kier alpha value is -10.6. The van der Waals surface area contributed by atoms with Gasteiger partial charge in [0.2, 0.25) is 47.3 Å². The SMILES string of the molecule is Nc1ccc2c(c1F)C1(OC(=O)c3cc(C(=O)NCC(=O)N(CCC(=O)CCC(=O)N(CCC(=O)NCCOCCOCC(=O)CO)CCC(=O)NCCONCOCC(=O)CO)CCC(=O)NCC(=O)N(CCC(=O)NCCOCCOCC(=O)CO)CCC(=O)NCCOCCOCC(=O)CO)ccc31)c1cc(F)c(O)cc1O2. The summed E-state index contributed by atoms with van der Waals surface area (Å²) in [5.74, 6) is -13.8. The number of rotatable bonds is 62. The van der Waals surface area contributed by atoms with Crippen LogP contribution in [0.1, 0.15) is 88.8 Å². The molecule has 0 aromatic heterocycles. The van der Waals surface area contributed by atoms with Gasteiger partial charge in [0.05, 0.1) is 102 Å². The van der Waals surface area contributed by atoms with Gasteiger partial charge in [0.15, 0.2) is 46.1 Å². The number of fused-ring (bicyclic) bond motifs is 6. The minimum Gasteiger partial charge on any atom is -0.505 e. The highest BCUT2D eigenvalue weighted by molar-refractivity contribution is 6.03. The fraction of sp³-hybridized carbons (Fsp3) is 0.548. The smallest absolute Gasteiger partial charge is 0.340 e. The van der Waals surface area contributed by atoms with Gasteiger partial charge in [0, 0.05) is 134 Å². The number of aromatic hydroxyl groups is 1. The highest BCUT2D eigenvalue weighted by atomic mass is 19.1. The van der Waals surface area contributed by atoms with Gasteiger partial charge in [-0.2, -0.15) is 5.48 Å². The maximum absolute atomic E-state index is 16.2. The van der Waals surface area contributed by atoms with Crippen LogP contribution >= 0.6 is 0 Å². The van der Waals surface area contributed by atoms with Crippen LogP contribution in [0.3, 0.4) is 0 Å². The molecule has 5 rings (SSSR count). The summed E-state index contributed by atoms with van der Waals surface area (Å²) in [5, 5.41) is 60.9. The van der Waals surface area contributed by atoms with E-state index in [0.29, 0.717) is 0 Å². The average Bonchev–Trinajstić information content (AvgIpc) is 1.01. The molecular weight excluding hydrogens is 1550 g/mol. The number of hydroxylamine groups is 1. The Labute approximate surface area is 663 Å². The summed E-state index contributed by atoms with van der Waals surface area (Å²) in [6.45, 7) is -7.47. The first-order chi connectivity index (χ1) is 55.7. The first-order valence-electron chi connectivity index (χ1n) is 36.8. The van der Waals surface area contributed by atoms with E-state index in [0.717, 1.165) is 28.0 Å². The van der Waals surface area contributed by atoms with Gasteiger partial charge in [-0.15, -0.1) is 0 Å². The van der Waals surface area contributed by atoms with Crippen LogP contribution in [-0.2, 0) is 111 Å². The molecule has 0 saturated heterocycles. The van der Waals surface area contributed by atoms with E-state index in [2.05, 4.69) is 37.4 Å². The lowest BCUT2D eigenvalue weighted by molar-refractivity contribution is -0.136. The van der Waals surface area contributed by atoms with E-state index < -0.39 is 201 Å². The highest BCUT2D eigenvalue weighted by Gasteiger charge is 2.56. The van der Waals surface area contributed by atoms with Crippen molar-refractivity contribution in [2.45, 2.75) is 57.0 Å². The summed E-state index contributed by atoms with van der Waals surface area (Å²) in [7, 11) is 0. The van der Waals surface area contributed by atoms with Crippen LogP contribution in [0.4, 0.5) is 14.5 Å². The Morgan fingerprint density at radius 1 is 0.440 bits per heavy atom. The van der Waals surface area contributed by atoms with E-state index in [1.807, 2.05) is 0 Å². The van der Waals surface area contributed by atoms with Crippen LogP contribution in [0, 0.1) is 11.6 Å². The second kappa shape index (κ2) is 52.8. The van der Waals surface area contributed by atoms with Gasteiger partial charge >= 0.3 is 5.97 Å². The third-order valence-corrected chi connectivity index (χ3v) is 16.8. The van der Waals surface area contributed by atoms with E-state index in [4.69, 9.17) is 73.6 Å². The summed E-state index contributed by atoms with van der Waals surface area (Å²) in [4.78, 5) is 203. The zero-order valence-corrected chi connectivity index (χ0v) is 63.7. The largest absolute Gasteiger partial charge is 0.505 e. The highest BCUT2D eigenvalue weighted by Crippen LogP contribution is 2.58. The predicted molar refractivity (Wildman–Crippen MR) is 393 cm³/mol. The van der Waals surface area contributed by atoms with Crippen molar-refractivity contribution >= 4 is 93.7 Å². The van der Waals surface area contributed by atoms with Crippen molar-refractivity contribution in [2.75, 3.05) is 210 Å². The lowest BCUT2D eigenvalue weighted by Crippen LogP contribution is -2.45. The van der Waals surface area contributed by atoms with Crippen LogP contribution in [0.2, 0.25) is 0 Å². The molecule has 3 aromatic rings. The number of aliphatic hydroxyl groups excluding tert-OH is 4. The molecule has 640 valence electrons. The lowest BCUT2D eigenvalue weighted by Gasteiger charge is -2.36. The molecule has 1 unspecified atom stereocenters. The summed E-state index contributed by atoms with van der Waals surface area (Å²) < 4.78 is 79.5. The van der Waals surface area contributed by atoms with Gasteiger partial charge in [0.1, 0.15) is 76.9 Å². The first-order valence-corrected chi connectivity index (χ1v) is 36.8. The van der Waals surface area contributed by atoms with Crippen molar-refractivity contribution in [1.29, 1.82) is 0 Å². The van der Waals surface area contributed by atoms with Crippen LogP contribution in [-0.4, -0.2) is 332 Å². The number of halogens is 2. The molecule has 43 heteroatoms. The molecular formula is C73H99F2N11O30. The number of ketones is 5. The number of hydrogen-bond donors (Lipinski definition) is 13. The molecule has 3 aromatic carbocycles. The fourth-order valence-corrected chi connectivity index (χ4v) is 10.8. The number of phenols is 1. The third kappa shape index (κ3) is 33.7. The molecule has 0 aliphatic carbocycles. The number of carbonyl (C=O) groups excluding carboxylic acids is 15. The van der Waals surface area contributed by atoms with Gasteiger partial charge in [-0.3, -0.25) is 72.0 Å². The number of nitrogens with zero attached hydrogens (tertiary/aromatic N) is 3. The Balaban J connectivity index is 1.29. The van der Waals surface area contributed by atoms with E-state index in [-0.39, 0.29) is 211 Å². The van der Waals surface area contributed by atoms with Crippen LogP contribution < -0.4 is 47.9 Å². The van der Waals surface area contributed by atoms with Crippen molar-refractivity contribution in [3.63, 3.8) is 0 Å². The molecule has 41 nitrogen and oxygen atoms in total. The summed E-state index contributed by atoms with van der Waals surface area (Å²) >= 11 is 0. The number of benzene rings is 3. The molecule has 14 N–H and O–H groups in total. The maximum atomic E-state index is 16.2. The molecule has 2 aliphatic rings. The van der Waals surface area contributed by atoms with E-state index >= 15 is 8.78 Å². The normalized spacial score (nSPS) is 12.9. The Bertz CT molecular complexity index is 3630. The minimum absolute atomic E-state index is 0.0213. The summed E-state index contributed by atoms with van der Waals surface area (Å²) in [6, 6.07) is 7.59. The molecule has 2 heterocycles. The first kappa shape index (κ1) is 96.0. The number of nitrogen functional groups attached to an aromatic ring is 1. The van der Waals surface area contributed by atoms with Crippen LogP contribution in [0.15, 0.2) is 42.5 Å². The molecule has 9 amide bonds. The van der Waals surface area contributed by atoms with Crippen molar-refractivity contribution < 1.29 is 154 Å². The number of phenolic OH excluding ortho intramolecular Hbond substituents is 1. The molecule has 0 radical (unpaired) electrons. The van der Waals surface area contributed by atoms with Gasteiger partial charge < -0.3 is 120 Å². The zero-order valence-electron chi connectivity index (χ0n) is 63.7. The quantitative estimate of drug-likeness (QED) is 0.00829. The Morgan fingerprint density at radius 2 is 0.871 bits per heavy atom. The van der Waals surface area contributed by atoms with Crippen LogP contribution in [0.5, 0.6) is 17.2 Å². The fourth-order valence-electron chi connectivity index (χ4n) is 10.8. The van der Waals surface area contributed by atoms with Crippen molar-refractivity contribution in [2.24, 2.45) is 0 Å². The monoisotopic (exact) mass is 1650 g/mol. The molecule has 1 atom stereocenters. The second-order valence-electron chi connectivity index (χ2n) is 25.4. The maximum Gasteiger partial charge on any atom is 0.340 e. The minimum atomic E-state index is -2.28. The summed E-state index contributed by atoms with van der Waals surface area (Å²) in [5.41, 5.74) is 4.32. The zero-order chi connectivity index (χ0) is 84.8. The summed E-state index contributed by atoms with van der Waals surface area (Å²) in [6.07, 6.45) is -3.10. The van der Waals surface area contributed by atoms with Crippen LogP contribution in [0.25, 0.3) is 0 Å². The van der Waals surface area contributed by atoms with Crippen molar-refractivity contribution in [3.05, 3.63) is 81.9 Å². The molecule has 0 fully saturated rings. The Morgan fingerprint density at radius 3 is 1.35 bits per heavy atom. The standard InChI is InChI=1S/C73H99F2N11O30/c74-56-34-55-60(35-58(56)96)115-59-5-4-57(76)70(75)69(59)73(55)54-3-1-47(33-53(54)72(106)116-73)71(105)82-37-68(104)85(17-7-48(91)2-6-66(102)84(18-8-61(97)77-13-23-107-27-30-110-42-49(92)38-87)19-9-64(100)80-16-26-114-83-46-113-45-52(95)41-90)22-12-65(101)81-36-67(103)86(20-10-62(98)78-14-24-108-28-31-111-43-50(93)39-88)21-11-63(99)79-15-25-109-29-32-112-44-51(94)40-89/h1,3-5,33-35,83,87-90,96H,2,6-32,36-46,76H2,(H,77,97)(H,78,98)(H,79,99)(H,80,100)(H,81,101)(H,82,105). The van der Waals surface area contributed by atoms with E-state index in [1.54, 1.807) is 0 Å². The van der Waals surface area contributed by atoms with Gasteiger partial charge in [0.25, 0.3) is 5.91 Å². The van der Waals surface area contributed by atoms with E-state index in [9.17, 15) is 77.0 Å². The number of Topliss-reactive ketones (excluding diaryl/α,β-unsaturated/α-hetero) is 5. The predicted octanol–water partition coefficient (Wildman–Crippen LogP) is -4.85. The van der Waals surface area contributed by atoms with Crippen molar-refractivity contribution in [3.8, 4) is 17.2 Å². The van der Waals surface area contributed by atoms with Crippen molar-refractivity contribution in [1.82, 2.24) is 52.1 Å². The Kier molecular flexibility index (Phi) is 43.7. The van der Waals surface area contributed by atoms with Gasteiger partial charge in [-0.05, 0) is 30.3 Å². The number of nitrogens with one attached hydrogen (secondary N) is 7. The molecule has 116 heavy (non-hydrogen) atoms.